The number of fused-ring (bicyclic) bond motifs is 1. The van der Waals surface area contributed by atoms with Crippen molar-refractivity contribution in [3.63, 3.8) is 0 Å². The van der Waals surface area contributed by atoms with Crippen LogP contribution in [0.3, 0.4) is 0 Å². The first kappa shape index (κ1) is 27.6. The van der Waals surface area contributed by atoms with Crippen LogP contribution in [0.4, 0.5) is 4.79 Å². The van der Waals surface area contributed by atoms with E-state index in [1.54, 1.807) is 24.3 Å². The second-order valence-electron chi connectivity index (χ2n) is 8.71. The Kier molecular flexibility index (Phi) is 8.52. The lowest BCUT2D eigenvalue weighted by Gasteiger charge is -2.15. The number of carbonyl (C=O) groups is 2. The number of halogens is 3. The smallest absolute Gasteiger partial charge is 0.293 e. The van der Waals surface area contributed by atoms with Gasteiger partial charge in [-0.2, -0.15) is 0 Å². The number of rotatable bonds is 8. The summed E-state index contributed by atoms with van der Waals surface area (Å²) >= 11 is 16.6. The summed E-state index contributed by atoms with van der Waals surface area (Å²) in [7, 11) is 0. The van der Waals surface area contributed by atoms with Crippen LogP contribution in [-0.4, -0.2) is 22.7 Å². The molecule has 9 heteroatoms. The first-order valence-corrected chi connectivity index (χ1v) is 14.5. The number of nitrogens with zero attached hydrogens (tertiary/aromatic N) is 1. The second-order valence-corrected chi connectivity index (χ2v) is 11.4. The van der Waals surface area contributed by atoms with Crippen LogP contribution in [0, 0.1) is 0 Å². The van der Waals surface area contributed by atoms with E-state index in [-0.39, 0.29) is 24.3 Å². The van der Waals surface area contributed by atoms with Crippen LogP contribution >= 0.6 is 50.9 Å². The molecular weight excluding hydrogens is 621 g/mol. The van der Waals surface area contributed by atoms with Crippen LogP contribution in [0.15, 0.2) is 82.2 Å². The summed E-state index contributed by atoms with van der Waals surface area (Å²) in [5, 5.41) is 2.70. The molecule has 198 valence electrons. The van der Waals surface area contributed by atoms with Gasteiger partial charge in [-0.3, -0.25) is 14.5 Å². The minimum Gasteiger partial charge on any atom is -0.490 e. The van der Waals surface area contributed by atoms with Gasteiger partial charge in [0.1, 0.15) is 6.61 Å². The molecule has 0 saturated carbocycles. The standard InChI is InChI=1S/C30H22BrCl2NO4S/c1-2-37-26-14-19(12-23(31)28(26)38-17-18-10-11-24(32)25(33)13-18)15-27-29(35)34(30(36)39-27)16-21-8-5-7-20-6-3-4-9-22(20)21/h3-15H,2,16-17H2,1H3/b27-15-. The quantitative estimate of drug-likeness (QED) is 0.179. The molecule has 1 aliphatic heterocycles. The number of carbonyl (C=O) groups excluding carboxylic acids is 2. The van der Waals surface area contributed by atoms with Crippen LogP contribution in [0.5, 0.6) is 11.5 Å². The van der Waals surface area contributed by atoms with Crippen LogP contribution in [0.2, 0.25) is 10.0 Å². The molecule has 4 aromatic rings. The summed E-state index contributed by atoms with van der Waals surface area (Å²) in [5.41, 5.74) is 2.46. The largest absolute Gasteiger partial charge is 0.490 e. The second kappa shape index (κ2) is 12.0. The van der Waals surface area contributed by atoms with Crippen molar-refractivity contribution < 1.29 is 19.1 Å². The number of ether oxygens (including phenoxy) is 2. The van der Waals surface area contributed by atoms with Gasteiger partial charge in [0.05, 0.1) is 32.6 Å². The van der Waals surface area contributed by atoms with Crippen molar-refractivity contribution in [3.05, 3.63) is 109 Å². The van der Waals surface area contributed by atoms with Gasteiger partial charge < -0.3 is 9.47 Å². The fraction of sp³-hybridized carbons (Fsp3) is 0.133. The number of hydrogen-bond donors (Lipinski definition) is 0. The van der Waals surface area contributed by atoms with Crippen LogP contribution in [-0.2, 0) is 17.9 Å². The third kappa shape index (κ3) is 6.12. The highest BCUT2D eigenvalue weighted by atomic mass is 79.9. The predicted molar refractivity (Wildman–Crippen MR) is 162 cm³/mol. The Bertz CT molecular complexity index is 1620. The van der Waals surface area contributed by atoms with E-state index in [9.17, 15) is 9.59 Å². The normalized spacial score (nSPS) is 14.5. The number of hydrogen-bond acceptors (Lipinski definition) is 5. The molecule has 0 bridgehead atoms. The number of imide groups is 1. The van der Waals surface area contributed by atoms with Crippen molar-refractivity contribution in [2.75, 3.05) is 6.61 Å². The van der Waals surface area contributed by atoms with Crippen LogP contribution in [0.1, 0.15) is 23.6 Å². The maximum absolute atomic E-state index is 13.3. The highest BCUT2D eigenvalue weighted by molar-refractivity contribution is 9.10. The van der Waals surface area contributed by atoms with Crippen molar-refractivity contribution in [1.29, 1.82) is 0 Å². The van der Waals surface area contributed by atoms with Crippen molar-refractivity contribution in [3.8, 4) is 11.5 Å². The van der Waals surface area contributed by atoms with Gasteiger partial charge in [0.2, 0.25) is 0 Å². The lowest BCUT2D eigenvalue weighted by atomic mass is 10.0. The zero-order valence-electron chi connectivity index (χ0n) is 20.7. The van der Waals surface area contributed by atoms with Gasteiger partial charge in [-0.1, -0.05) is 71.7 Å². The maximum Gasteiger partial charge on any atom is 0.293 e. The van der Waals surface area contributed by atoms with E-state index in [0.717, 1.165) is 33.7 Å². The van der Waals surface area contributed by atoms with Gasteiger partial charge in [0.15, 0.2) is 11.5 Å². The fourth-order valence-electron chi connectivity index (χ4n) is 4.25. The van der Waals surface area contributed by atoms with E-state index in [1.165, 1.54) is 4.90 Å². The van der Waals surface area contributed by atoms with Gasteiger partial charge in [-0.05, 0) is 92.4 Å². The Morgan fingerprint density at radius 1 is 0.949 bits per heavy atom. The fourth-order valence-corrected chi connectivity index (χ4v) is 5.98. The molecule has 2 amide bonds. The molecule has 4 aromatic carbocycles. The molecule has 5 nitrogen and oxygen atoms in total. The van der Waals surface area contributed by atoms with E-state index < -0.39 is 0 Å². The minimum atomic E-state index is -0.327. The Labute approximate surface area is 248 Å². The molecule has 0 unspecified atom stereocenters. The van der Waals surface area contributed by atoms with Gasteiger partial charge in [-0.25, -0.2) is 0 Å². The van der Waals surface area contributed by atoms with Gasteiger partial charge in [0.25, 0.3) is 11.1 Å². The number of thioether (sulfide) groups is 1. The first-order chi connectivity index (χ1) is 18.8. The molecule has 0 atom stereocenters. The summed E-state index contributed by atoms with van der Waals surface area (Å²) in [4.78, 5) is 27.7. The van der Waals surface area contributed by atoms with E-state index in [2.05, 4.69) is 15.9 Å². The molecule has 1 aliphatic rings. The van der Waals surface area contributed by atoms with Crippen LogP contribution < -0.4 is 9.47 Å². The zero-order chi connectivity index (χ0) is 27.5. The lowest BCUT2D eigenvalue weighted by Crippen LogP contribution is -2.27. The third-order valence-electron chi connectivity index (χ3n) is 6.08. The summed E-state index contributed by atoms with van der Waals surface area (Å²) in [6.45, 7) is 2.75. The average Bonchev–Trinajstić information content (AvgIpc) is 3.17. The average molecular weight is 643 g/mol. The van der Waals surface area contributed by atoms with Crippen molar-refractivity contribution in [2.24, 2.45) is 0 Å². The minimum absolute atomic E-state index is 0.207. The first-order valence-electron chi connectivity index (χ1n) is 12.1. The molecule has 1 fully saturated rings. The predicted octanol–water partition coefficient (Wildman–Crippen LogP) is 9.12. The lowest BCUT2D eigenvalue weighted by molar-refractivity contribution is -0.123. The molecule has 0 aliphatic carbocycles. The molecule has 0 radical (unpaired) electrons. The SMILES string of the molecule is CCOc1cc(/C=C2\SC(=O)N(Cc3cccc4ccccc34)C2=O)cc(Br)c1OCc1ccc(Cl)c(Cl)c1. The van der Waals surface area contributed by atoms with Gasteiger partial charge in [0, 0.05) is 0 Å². The number of amides is 2. The van der Waals surface area contributed by atoms with Crippen molar-refractivity contribution >= 4 is 78.9 Å². The number of benzene rings is 4. The highest BCUT2D eigenvalue weighted by Gasteiger charge is 2.35. The third-order valence-corrected chi connectivity index (χ3v) is 8.31. The summed E-state index contributed by atoms with van der Waals surface area (Å²) in [6, 6.07) is 22.7. The van der Waals surface area contributed by atoms with Crippen LogP contribution in [0.25, 0.3) is 16.8 Å². The summed E-state index contributed by atoms with van der Waals surface area (Å²) in [5.74, 6) is 0.698. The topological polar surface area (TPSA) is 55.8 Å². The monoisotopic (exact) mass is 641 g/mol. The Morgan fingerprint density at radius 2 is 1.74 bits per heavy atom. The zero-order valence-corrected chi connectivity index (χ0v) is 24.7. The van der Waals surface area contributed by atoms with Gasteiger partial charge >= 0.3 is 0 Å². The molecule has 1 saturated heterocycles. The van der Waals surface area contributed by atoms with E-state index in [0.29, 0.717) is 43.1 Å². The highest BCUT2D eigenvalue weighted by Crippen LogP contribution is 2.40. The molecular formula is C30H22BrCl2NO4S. The Hall–Kier alpha value is -2.97. The summed E-state index contributed by atoms with van der Waals surface area (Å²) in [6.07, 6.45) is 1.70. The summed E-state index contributed by atoms with van der Waals surface area (Å²) < 4.78 is 12.5. The Morgan fingerprint density at radius 3 is 2.54 bits per heavy atom. The van der Waals surface area contributed by atoms with Crippen molar-refractivity contribution in [1.82, 2.24) is 4.90 Å². The molecule has 0 N–H and O–H groups in total. The molecule has 0 aromatic heterocycles. The van der Waals surface area contributed by atoms with E-state index in [1.807, 2.05) is 61.5 Å². The maximum atomic E-state index is 13.3. The van der Waals surface area contributed by atoms with E-state index in [4.69, 9.17) is 32.7 Å². The van der Waals surface area contributed by atoms with Gasteiger partial charge in [-0.15, -0.1) is 0 Å². The molecule has 1 heterocycles. The van der Waals surface area contributed by atoms with Crippen molar-refractivity contribution in [2.45, 2.75) is 20.1 Å². The van der Waals surface area contributed by atoms with E-state index >= 15 is 0 Å². The molecule has 5 rings (SSSR count). The Balaban J connectivity index is 1.38. The molecule has 0 spiro atoms. The molecule has 39 heavy (non-hydrogen) atoms.